The van der Waals surface area contributed by atoms with E-state index in [9.17, 15) is 13.2 Å². The van der Waals surface area contributed by atoms with E-state index in [2.05, 4.69) is 18.8 Å². The van der Waals surface area contributed by atoms with Crippen molar-refractivity contribution < 1.29 is 17.9 Å². The van der Waals surface area contributed by atoms with Gasteiger partial charge in [0.1, 0.15) is 11.6 Å². The Morgan fingerprint density at radius 2 is 1.38 bits per heavy atom. The molecule has 0 atom stereocenters. The summed E-state index contributed by atoms with van der Waals surface area (Å²) in [5.74, 6) is 4.52. The maximum atomic E-state index is 14.5. The predicted octanol–water partition coefficient (Wildman–Crippen LogP) is 7.50. The van der Waals surface area contributed by atoms with Gasteiger partial charge in [0.25, 0.3) is 0 Å². The number of halogens is 3. The number of rotatable bonds is 5. The molecule has 4 aromatic carbocycles. The van der Waals surface area contributed by atoms with E-state index in [0.717, 1.165) is 24.0 Å². The summed E-state index contributed by atoms with van der Waals surface area (Å²) in [7, 11) is 0. The molecule has 0 saturated carbocycles. The molecule has 0 aliphatic rings. The number of hydrogen-bond donors (Lipinski definition) is 0. The molecule has 0 saturated heterocycles. The number of benzene rings is 4. The number of fused-ring (bicyclic) bond motifs is 1. The Hall–Kier alpha value is -3.71. The Morgan fingerprint density at radius 1 is 0.688 bits per heavy atom. The van der Waals surface area contributed by atoms with Crippen molar-refractivity contribution in [3.8, 4) is 28.7 Å². The maximum absolute atomic E-state index is 14.5. The summed E-state index contributed by atoms with van der Waals surface area (Å²) >= 11 is 0. The average molecular weight is 430 g/mol. The smallest absolute Gasteiger partial charge is 0.159 e. The van der Waals surface area contributed by atoms with Gasteiger partial charge in [-0.1, -0.05) is 43.4 Å². The lowest BCUT2D eigenvalue weighted by Crippen LogP contribution is -1.97. The molecule has 160 valence electrons. The standard InChI is InChI=1S/C28H21F3O/c1-2-3-14-32-24-12-13-25(26(29)18-24)21-9-6-19(7-10-21)4-5-20-8-11-22-16-27(30)28(31)17-23(22)15-20/h6-13,15-18H,2-3,14H2,1H3. The predicted molar refractivity (Wildman–Crippen MR) is 122 cm³/mol. The summed E-state index contributed by atoms with van der Waals surface area (Å²) in [6, 6.07) is 19.7. The summed E-state index contributed by atoms with van der Waals surface area (Å²) < 4.78 is 46.9. The topological polar surface area (TPSA) is 9.23 Å². The van der Waals surface area contributed by atoms with Gasteiger partial charge in [-0.2, -0.15) is 0 Å². The SMILES string of the molecule is CCCCOc1ccc(-c2ccc(C#Cc3ccc4cc(F)c(F)cc4c3)cc2)c(F)c1. The van der Waals surface area contributed by atoms with Crippen molar-refractivity contribution in [3.05, 3.63) is 101 Å². The minimum atomic E-state index is -0.883. The van der Waals surface area contributed by atoms with Crippen LogP contribution in [0.15, 0.2) is 72.8 Å². The quantitative estimate of drug-likeness (QED) is 0.235. The normalized spacial score (nSPS) is 10.6. The largest absolute Gasteiger partial charge is 0.493 e. The van der Waals surface area contributed by atoms with E-state index in [-0.39, 0.29) is 5.82 Å². The van der Waals surface area contributed by atoms with Crippen molar-refractivity contribution in [3.63, 3.8) is 0 Å². The minimum absolute atomic E-state index is 0.335. The molecule has 0 aliphatic heterocycles. The van der Waals surface area contributed by atoms with Crippen molar-refractivity contribution in [1.29, 1.82) is 0 Å². The van der Waals surface area contributed by atoms with Crippen LogP contribution in [0.3, 0.4) is 0 Å². The first-order valence-electron chi connectivity index (χ1n) is 10.5. The molecule has 4 aromatic rings. The van der Waals surface area contributed by atoms with Gasteiger partial charge in [0.2, 0.25) is 0 Å². The highest BCUT2D eigenvalue weighted by Crippen LogP contribution is 2.27. The monoisotopic (exact) mass is 430 g/mol. The highest BCUT2D eigenvalue weighted by Gasteiger charge is 2.07. The third-order valence-corrected chi connectivity index (χ3v) is 5.13. The molecular weight excluding hydrogens is 409 g/mol. The summed E-state index contributed by atoms with van der Waals surface area (Å²) in [6.07, 6.45) is 1.95. The van der Waals surface area contributed by atoms with Gasteiger partial charge in [0, 0.05) is 22.8 Å². The lowest BCUT2D eigenvalue weighted by atomic mass is 10.0. The lowest BCUT2D eigenvalue weighted by Gasteiger charge is -2.08. The van der Waals surface area contributed by atoms with Gasteiger partial charge in [0.15, 0.2) is 11.6 Å². The molecular formula is C28H21F3O. The molecule has 0 spiro atoms. The van der Waals surface area contributed by atoms with Crippen LogP contribution in [0, 0.1) is 29.3 Å². The average Bonchev–Trinajstić information content (AvgIpc) is 2.79. The van der Waals surface area contributed by atoms with E-state index in [1.54, 1.807) is 30.3 Å². The summed E-state index contributed by atoms with van der Waals surface area (Å²) in [5, 5.41) is 1.20. The molecule has 0 unspecified atom stereocenters. The Kier molecular flexibility index (Phi) is 6.47. The highest BCUT2D eigenvalue weighted by molar-refractivity contribution is 5.84. The van der Waals surface area contributed by atoms with Crippen molar-refractivity contribution in [1.82, 2.24) is 0 Å². The minimum Gasteiger partial charge on any atom is -0.493 e. The molecule has 4 heteroatoms. The molecule has 0 fully saturated rings. The Morgan fingerprint density at radius 3 is 2.09 bits per heavy atom. The van der Waals surface area contributed by atoms with Crippen molar-refractivity contribution in [2.75, 3.05) is 6.61 Å². The van der Waals surface area contributed by atoms with Crippen LogP contribution in [-0.2, 0) is 0 Å². The fraction of sp³-hybridized carbons (Fsp3) is 0.143. The van der Waals surface area contributed by atoms with Crippen molar-refractivity contribution in [2.45, 2.75) is 19.8 Å². The van der Waals surface area contributed by atoms with Gasteiger partial charge in [-0.3, -0.25) is 0 Å². The van der Waals surface area contributed by atoms with Crippen molar-refractivity contribution in [2.24, 2.45) is 0 Å². The summed E-state index contributed by atoms with van der Waals surface area (Å²) in [5.41, 5.74) is 2.70. The van der Waals surface area contributed by atoms with Crippen LogP contribution in [0.2, 0.25) is 0 Å². The lowest BCUT2D eigenvalue weighted by molar-refractivity contribution is 0.308. The maximum Gasteiger partial charge on any atom is 0.159 e. The molecule has 0 bridgehead atoms. The second kappa shape index (κ2) is 9.62. The van der Waals surface area contributed by atoms with Gasteiger partial charge < -0.3 is 4.74 Å². The zero-order valence-corrected chi connectivity index (χ0v) is 17.6. The summed E-state index contributed by atoms with van der Waals surface area (Å²) in [4.78, 5) is 0. The number of hydrogen-bond acceptors (Lipinski definition) is 1. The zero-order chi connectivity index (χ0) is 22.5. The van der Waals surface area contributed by atoms with E-state index in [1.807, 2.05) is 24.3 Å². The van der Waals surface area contributed by atoms with Crippen molar-refractivity contribution >= 4 is 10.8 Å². The van der Waals surface area contributed by atoms with E-state index in [0.29, 0.717) is 34.3 Å². The molecule has 1 nitrogen and oxygen atoms in total. The van der Waals surface area contributed by atoms with Crippen LogP contribution in [0.1, 0.15) is 30.9 Å². The Bertz CT molecular complexity index is 1310. The van der Waals surface area contributed by atoms with E-state index < -0.39 is 11.6 Å². The number of unbranched alkanes of at least 4 members (excludes halogenated alkanes) is 1. The van der Waals surface area contributed by atoms with E-state index in [4.69, 9.17) is 4.74 Å². The van der Waals surface area contributed by atoms with Gasteiger partial charge in [0.05, 0.1) is 6.61 Å². The molecule has 0 radical (unpaired) electrons. The zero-order valence-electron chi connectivity index (χ0n) is 17.6. The fourth-order valence-corrected chi connectivity index (χ4v) is 3.35. The highest BCUT2D eigenvalue weighted by atomic mass is 19.2. The van der Waals surface area contributed by atoms with Crippen LogP contribution >= 0.6 is 0 Å². The molecule has 4 rings (SSSR count). The fourth-order valence-electron chi connectivity index (χ4n) is 3.35. The van der Waals surface area contributed by atoms with Crippen LogP contribution in [0.5, 0.6) is 5.75 Å². The molecule has 0 amide bonds. The van der Waals surface area contributed by atoms with E-state index in [1.165, 1.54) is 18.2 Å². The third-order valence-electron chi connectivity index (χ3n) is 5.13. The third kappa shape index (κ3) is 4.95. The van der Waals surface area contributed by atoms with Crippen LogP contribution in [0.4, 0.5) is 13.2 Å². The van der Waals surface area contributed by atoms with E-state index >= 15 is 0 Å². The Balaban J connectivity index is 1.51. The second-order valence-corrected chi connectivity index (χ2v) is 7.50. The Labute approximate surface area is 185 Å². The molecule has 0 N–H and O–H groups in total. The summed E-state index contributed by atoms with van der Waals surface area (Å²) in [6.45, 7) is 2.65. The molecule has 0 aliphatic carbocycles. The first-order valence-corrected chi connectivity index (χ1v) is 10.5. The number of ether oxygens (including phenoxy) is 1. The van der Waals surface area contributed by atoms with Gasteiger partial charge in [-0.15, -0.1) is 0 Å². The van der Waals surface area contributed by atoms with Crippen LogP contribution in [-0.4, -0.2) is 6.61 Å². The molecule has 32 heavy (non-hydrogen) atoms. The van der Waals surface area contributed by atoms with Crippen LogP contribution < -0.4 is 4.74 Å². The molecule has 0 heterocycles. The van der Waals surface area contributed by atoms with Gasteiger partial charge in [-0.05, 0) is 71.3 Å². The molecule has 0 aromatic heterocycles. The second-order valence-electron chi connectivity index (χ2n) is 7.50. The van der Waals surface area contributed by atoms with Gasteiger partial charge >= 0.3 is 0 Å². The van der Waals surface area contributed by atoms with Crippen LogP contribution in [0.25, 0.3) is 21.9 Å². The first-order chi connectivity index (χ1) is 15.5. The first kappa shape index (κ1) is 21.5. The van der Waals surface area contributed by atoms with Gasteiger partial charge in [-0.25, -0.2) is 13.2 Å².